The molecule has 2 rings (SSSR count). The Labute approximate surface area is 105 Å². The number of hydrogen-bond donors (Lipinski definition) is 1. The number of thiophene rings is 1. The van der Waals surface area contributed by atoms with Crippen LogP contribution in [-0.4, -0.2) is 49.2 Å². The predicted molar refractivity (Wildman–Crippen MR) is 70.2 cm³/mol. The van der Waals surface area contributed by atoms with Crippen molar-refractivity contribution in [3.8, 4) is 0 Å². The molecule has 1 aromatic rings. The number of carboxylic acids is 1. The smallest absolute Gasteiger partial charge is 0.345 e. The number of carboxylic acid groups (broad SMARTS) is 1. The zero-order valence-electron chi connectivity index (χ0n) is 10.2. The average Bonchev–Trinajstić information content (AvgIpc) is 2.78. The summed E-state index contributed by atoms with van der Waals surface area (Å²) in [7, 11) is 4.24. The quantitative estimate of drug-likeness (QED) is 0.895. The van der Waals surface area contributed by atoms with Gasteiger partial charge in [0.25, 0.3) is 0 Å². The molecule has 0 amide bonds. The standard InChI is InChI=1S/C12H18N2O2S/c1-13(2)9-5-7-14(8-6-9)11-4-3-10(17-11)12(15)16/h3-4,9H,5-8H2,1-2H3,(H,15,16). The lowest BCUT2D eigenvalue weighted by Crippen LogP contribution is -2.41. The molecule has 1 fully saturated rings. The van der Waals surface area contributed by atoms with Gasteiger partial charge in [0.2, 0.25) is 0 Å². The molecule has 1 N–H and O–H groups in total. The van der Waals surface area contributed by atoms with Crippen LogP contribution in [0.3, 0.4) is 0 Å². The zero-order valence-corrected chi connectivity index (χ0v) is 11.0. The van der Waals surface area contributed by atoms with Gasteiger partial charge in [0.05, 0.1) is 5.00 Å². The number of nitrogens with zero attached hydrogens (tertiary/aromatic N) is 2. The summed E-state index contributed by atoms with van der Waals surface area (Å²) in [6, 6.07) is 4.27. The van der Waals surface area contributed by atoms with Crippen molar-refractivity contribution >= 4 is 22.3 Å². The molecule has 0 saturated carbocycles. The Hall–Kier alpha value is -1.07. The third-order valence-corrected chi connectivity index (χ3v) is 4.44. The second kappa shape index (κ2) is 5.06. The molecule has 1 aliphatic heterocycles. The minimum Gasteiger partial charge on any atom is -0.477 e. The molecule has 5 heteroatoms. The van der Waals surface area contributed by atoms with Gasteiger partial charge in [-0.15, -0.1) is 11.3 Å². The van der Waals surface area contributed by atoms with Crippen LogP contribution < -0.4 is 4.90 Å². The molecule has 94 valence electrons. The normalized spacial score (nSPS) is 17.7. The molecule has 0 radical (unpaired) electrons. The van der Waals surface area contributed by atoms with E-state index in [0.717, 1.165) is 30.9 Å². The number of hydrogen-bond acceptors (Lipinski definition) is 4. The number of anilines is 1. The van der Waals surface area contributed by atoms with Crippen LogP contribution in [0, 0.1) is 0 Å². The van der Waals surface area contributed by atoms with E-state index in [-0.39, 0.29) is 0 Å². The van der Waals surface area contributed by atoms with E-state index in [2.05, 4.69) is 23.9 Å². The largest absolute Gasteiger partial charge is 0.477 e. The summed E-state index contributed by atoms with van der Waals surface area (Å²) in [6.07, 6.45) is 2.29. The maximum absolute atomic E-state index is 10.8. The van der Waals surface area contributed by atoms with E-state index in [1.54, 1.807) is 6.07 Å². The van der Waals surface area contributed by atoms with E-state index >= 15 is 0 Å². The SMILES string of the molecule is CN(C)C1CCN(c2ccc(C(=O)O)s2)CC1. The van der Waals surface area contributed by atoms with Gasteiger partial charge in [0, 0.05) is 19.1 Å². The molecule has 0 spiro atoms. The molecule has 1 aliphatic rings. The minimum atomic E-state index is -0.829. The fourth-order valence-electron chi connectivity index (χ4n) is 2.22. The Balaban J connectivity index is 1.98. The molecule has 0 aromatic carbocycles. The van der Waals surface area contributed by atoms with E-state index in [0.29, 0.717) is 10.9 Å². The lowest BCUT2D eigenvalue weighted by molar-refractivity contribution is 0.0702. The fraction of sp³-hybridized carbons (Fsp3) is 0.583. The summed E-state index contributed by atoms with van der Waals surface area (Å²) in [6.45, 7) is 2.03. The zero-order chi connectivity index (χ0) is 12.4. The molecule has 2 heterocycles. The second-order valence-electron chi connectivity index (χ2n) is 4.62. The van der Waals surface area contributed by atoms with Crippen LogP contribution in [0.5, 0.6) is 0 Å². The third-order valence-electron chi connectivity index (χ3n) is 3.31. The Morgan fingerprint density at radius 2 is 2.06 bits per heavy atom. The lowest BCUT2D eigenvalue weighted by Gasteiger charge is -2.35. The van der Waals surface area contributed by atoms with Crippen molar-refractivity contribution in [3.05, 3.63) is 17.0 Å². The first kappa shape index (κ1) is 12.4. The van der Waals surface area contributed by atoms with Crippen LogP contribution in [0.15, 0.2) is 12.1 Å². The van der Waals surface area contributed by atoms with E-state index < -0.39 is 5.97 Å². The van der Waals surface area contributed by atoms with Crippen LogP contribution in [0.2, 0.25) is 0 Å². The van der Waals surface area contributed by atoms with Crippen molar-refractivity contribution in [3.63, 3.8) is 0 Å². The van der Waals surface area contributed by atoms with Gasteiger partial charge in [-0.1, -0.05) is 0 Å². The number of rotatable bonds is 3. The molecule has 4 nitrogen and oxygen atoms in total. The van der Waals surface area contributed by atoms with Crippen LogP contribution in [0.25, 0.3) is 0 Å². The molecule has 0 unspecified atom stereocenters. The molecule has 17 heavy (non-hydrogen) atoms. The summed E-state index contributed by atoms with van der Waals surface area (Å²) in [4.78, 5) is 15.8. The van der Waals surface area contributed by atoms with Crippen molar-refractivity contribution in [2.75, 3.05) is 32.1 Å². The van der Waals surface area contributed by atoms with Gasteiger partial charge in [0.15, 0.2) is 0 Å². The van der Waals surface area contributed by atoms with E-state index in [1.165, 1.54) is 11.3 Å². The first-order valence-electron chi connectivity index (χ1n) is 5.82. The number of carbonyl (C=O) groups is 1. The monoisotopic (exact) mass is 254 g/mol. The maximum atomic E-state index is 10.8. The molecule has 0 bridgehead atoms. The van der Waals surface area contributed by atoms with Gasteiger partial charge in [-0.2, -0.15) is 0 Å². The fourth-order valence-corrected chi connectivity index (χ4v) is 3.11. The Bertz CT molecular complexity index is 395. The highest BCUT2D eigenvalue weighted by molar-refractivity contribution is 7.17. The molecular weight excluding hydrogens is 236 g/mol. The van der Waals surface area contributed by atoms with Crippen LogP contribution in [0.4, 0.5) is 5.00 Å². The molecule has 1 aromatic heterocycles. The van der Waals surface area contributed by atoms with Crippen LogP contribution >= 0.6 is 11.3 Å². The maximum Gasteiger partial charge on any atom is 0.345 e. The van der Waals surface area contributed by atoms with Gasteiger partial charge in [-0.25, -0.2) is 4.79 Å². The Morgan fingerprint density at radius 3 is 2.53 bits per heavy atom. The predicted octanol–water partition coefficient (Wildman–Crippen LogP) is 1.98. The van der Waals surface area contributed by atoms with Crippen molar-refractivity contribution in [2.45, 2.75) is 18.9 Å². The average molecular weight is 254 g/mol. The molecule has 0 atom stereocenters. The summed E-state index contributed by atoms with van der Waals surface area (Å²) in [5, 5.41) is 9.98. The Morgan fingerprint density at radius 1 is 1.41 bits per heavy atom. The highest BCUT2D eigenvalue weighted by Crippen LogP contribution is 2.29. The van der Waals surface area contributed by atoms with Crippen molar-refractivity contribution in [1.82, 2.24) is 4.90 Å². The van der Waals surface area contributed by atoms with Gasteiger partial charge >= 0.3 is 5.97 Å². The van der Waals surface area contributed by atoms with E-state index in [4.69, 9.17) is 5.11 Å². The molecule has 1 saturated heterocycles. The first-order chi connectivity index (χ1) is 8.08. The molecular formula is C12H18N2O2S. The van der Waals surface area contributed by atoms with Crippen LogP contribution in [-0.2, 0) is 0 Å². The third kappa shape index (κ3) is 2.79. The summed E-state index contributed by atoms with van der Waals surface area (Å²) < 4.78 is 0. The Kier molecular flexibility index (Phi) is 3.69. The minimum absolute atomic E-state index is 0.426. The number of aromatic carboxylic acids is 1. The van der Waals surface area contributed by atoms with Gasteiger partial charge in [-0.05, 0) is 39.1 Å². The van der Waals surface area contributed by atoms with E-state index in [9.17, 15) is 4.79 Å². The second-order valence-corrected chi connectivity index (χ2v) is 5.69. The van der Waals surface area contributed by atoms with Gasteiger partial charge < -0.3 is 14.9 Å². The van der Waals surface area contributed by atoms with Gasteiger partial charge in [-0.3, -0.25) is 0 Å². The first-order valence-corrected chi connectivity index (χ1v) is 6.64. The van der Waals surface area contributed by atoms with Gasteiger partial charge in [0.1, 0.15) is 4.88 Å². The summed E-state index contributed by atoms with van der Waals surface area (Å²) in [5.41, 5.74) is 0. The highest BCUT2D eigenvalue weighted by atomic mass is 32.1. The number of piperidine rings is 1. The lowest BCUT2D eigenvalue weighted by atomic mass is 10.0. The molecule has 0 aliphatic carbocycles. The van der Waals surface area contributed by atoms with Crippen LogP contribution in [0.1, 0.15) is 22.5 Å². The van der Waals surface area contributed by atoms with Crippen molar-refractivity contribution in [1.29, 1.82) is 0 Å². The topological polar surface area (TPSA) is 43.8 Å². The summed E-state index contributed by atoms with van der Waals surface area (Å²) >= 11 is 1.37. The van der Waals surface area contributed by atoms with Crippen molar-refractivity contribution in [2.24, 2.45) is 0 Å². The van der Waals surface area contributed by atoms with E-state index in [1.807, 2.05) is 6.07 Å². The van der Waals surface area contributed by atoms with Crippen molar-refractivity contribution < 1.29 is 9.90 Å². The highest BCUT2D eigenvalue weighted by Gasteiger charge is 2.22. The summed E-state index contributed by atoms with van der Waals surface area (Å²) in [5.74, 6) is -0.829.